The summed E-state index contributed by atoms with van der Waals surface area (Å²) in [5, 5.41) is 4.15. The van der Waals surface area contributed by atoms with Crippen molar-refractivity contribution >= 4 is 16.9 Å². The van der Waals surface area contributed by atoms with Crippen LogP contribution in [0.4, 0.5) is 0 Å². The van der Waals surface area contributed by atoms with Crippen LogP contribution in [-0.4, -0.2) is 14.9 Å². The molecule has 0 radical (unpaired) electrons. The van der Waals surface area contributed by atoms with Gasteiger partial charge in [-0.1, -0.05) is 17.7 Å². The number of aromatic nitrogens is 2. The second-order valence-electron chi connectivity index (χ2n) is 4.00. The zero-order valence-electron chi connectivity index (χ0n) is 10.1. The van der Waals surface area contributed by atoms with E-state index in [0.29, 0.717) is 5.69 Å². The van der Waals surface area contributed by atoms with E-state index >= 15 is 0 Å². The summed E-state index contributed by atoms with van der Waals surface area (Å²) in [5.74, 6) is 0. The Labute approximate surface area is 105 Å². The molecule has 1 aromatic heterocycles. The highest BCUT2D eigenvalue weighted by Crippen LogP contribution is 2.22. The summed E-state index contributed by atoms with van der Waals surface area (Å²) in [7, 11) is 1.84. The van der Waals surface area contributed by atoms with Crippen molar-refractivity contribution < 1.29 is 4.79 Å². The van der Waals surface area contributed by atoms with E-state index in [0.717, 1.165) is 10.6 Å². The van der Waals surface area contributed by atoms with Gasteiger partial charge in [0.1, 0.15) is 5.69 Å². The Bertz CT molecular complexity index is 524. The van der Waals surface area contributed by atoms with Crippen molar-refractivity contribution in [2.75, 3.05) is 0 Å². The second-order valence-corrected chi connectivity index (χ2v) is 5.04. The lowest BCUT2D eigenvalue weighted by Crippen LogP contribution is -1.97. The highest BCUT2D eigenvalue weighted by molar-refractivity contribution is 8.14. The zero-order valence-corrected chi connectivity index (χ0v) is 10.9. The summed E-state index contributed by atoms with van der Waals surface area (Å²) < 4.78 is 1.71. The smallest absolute Gasteiger partial charge is 0.244 e. The van der Waals surface area contributed by atoms with E-state index in [1.807, 2.05) is 51.2 Å². The van der Waals surface area contributed by atoms with Crippen LogP contribution in [0.15, 0.2) is 35.2 Å². The molecule has 4 heteroatoms. The number of carbonyl (C=O) groups excluding carboxylic acids is 1. The summed E-state index contributed by atoms with van der Waals surface area (Å²) in [4.78, 5) is 12.9. The number of thioether (sulfide) groups is 1. The van der Waals surface area contributed by atoms with E-state index < -0.39 is 0 Å². The van der Waals surface area contributed by atoms with Gasteiger partial charge in [0.05, 0.1) is 0 Å². The molecular formula is C13H14N2OS. The molecule has 0 saturated heterocycles. The third kappa shape index (κ3) is 2.77. The van der Waals surface area contributed by atoms with Crippen molar-refractivity contribution in [1.82, 2.24) is 9.78 Å². The monoisotopic (exact) mass is 246 g/mol. The summed E-state index contributed by atoms with van der Waals surface area (Å²) in [6.45, 7) is 3.96. The molecule has 0 fully saturated rings. The summed E-state index contributed by atoms with van der Waals surface area (Å²) in [6, 6.07) is 9.71. The van der Waals surface area contributed by atoms with E-state index in [1.165, 1.54) is 17.3 Å². The fourth-order valence-corrected chi connectivity index (χ4v) is 2.12. The van der Waals surface area contributed by atoms with E-state index in [4.69, 9.17) is 0 Å². The quantitative estimate of drug-likeness (QED) is 0.764. The van der Waals surface area contributed by atoms with Gasteiger partial charge in [0, 0.05) is 17.6 Å². The molecule has 0 aliphatic carbocycles. The van der Waals surface area contributed by atoms with Crippen LogP contribution in [0.3, 0.4) is 0 Å². The van der Waals surface area contributed by atoms with Gasteiger partial charge in [0.2, 0.25) is 5.12 Å². The second kappa shape index (κ2) is 4.75. The van der Waals surface area contributed by atoms with Crippen molar-refractivity contribution in [2.24, 2.45) is 7.05 Å². The van der Waals surface area contributed by atoms with E-state index in [-0.39, 0.29) is 5.12 Å². The van der Waals surface area contributed by atoms with E-state index in [2.05, 4.69) is 5.10 Å². The van der Waals surface area contributed by atoms with Crippen molar-refractivity contribution in [3.05, 3.63) is 47.3 Å². The minimum absolute atomic E-state index is 0.0162. The third-order valence-electron chi connectivity index (χ3n) is 2.55. The predicted molar refractivity (Wildman–Crippen MR) is 69.3 cm³/mol. The van der Waals surface area contributed by atoms with E-state index in [9.17, 15) is 4.79 Å². The predicted octanol–water partition coefficient (Wildman–Crippen LogP) is 2.97. The van der Waals surface area contributed by atoms with Crippen LogP contribution in [0.2, 0.25) is 0 Å². The molecular weight excluding hydrogens is 232 g/mol. The maximum atomic E-state index is 12.0. The molecule has 0 N–H and O–H groups in total. The van der Waals surface area contributed by atoms with Gasteiger partial charge in [-0.05, 0) is 43.8 Å². The van der Waals surface area contributed by atoms with Gasteiger partial charge >= 0.3 is 0 Å². The molecule has 0 aliphatic rings. The van der Waals surface area contributed by atoms with Crippen LogP contribution < -0.4 is 0 Å². The molecule has 17 heavy (non-hydrogen) atoms. The number of hydrogen-bond donors (Lipinski definition) is 0. The lowest BCUT2D eigenvalue weighted by Gasteiger charge is -1.98. The molecule has 2 rings (SSSR count). The first-order chi connectivity index (χ1) is 8.06. The van der Waals surface area contributed by atoms with Gasteiger partial charge in [-0.2, -0.15) is 5.10 Å². The van der Waals surface area contributed by atoms with Gasteiger partial charge in [-0.3, -0.25) is 9.48 Å². The van der Waals surface area contributed by atoms with Crippen molar-refractivity contribution in [3.8, 4) is 0 Å². The minimum Gasteiger partial charge on any atom is -0.279 e. The number of carbonyl (C=O) groups is 1. The molecule has 0 unspecified atom stereocenters. The molecule has 0 saturated carbocycles. The van der Waals surface area contributed by atoms with Crippen LogP contribution in [-0.2, 0) is 7.05 Å². The summed E-state index contributed by atoms with van der Waals surface area (Å²) in [5.41, 5.74) is 2.68. The number of benzene rings is 1. The first-order valence-corrected chi connectivity index (χ1v) is 6.17. The fraction of sp³-hybridized carbons (Fsp3) is 0.231. The normalized spacial score (nSPS) is 10.5. The Kier molecular flexibility index (Phi) is 3.33. The van der Waals surface area contributed by atoms with Gasteiger partial charge in [-0.15, -0.1) is 0 Å². The lowest BCUT2D eigenvalue weighted by molar-refractivity contribution is 0.108. The summed E-state index contributed by atoms with van der Waals surface area (Å²) >= 11 is 1.21. The number of rotatable bonds is 2. The first-order valence-electron chi connectivity index (χ1n) is 5.36. The Morgan fingerprint density at radius 1 is 1.24 bits per heavy atom. The van der Waals surface area contributed by atoms with Gasteiger partial charge < -0.3 is 0 Å². The average molecular weight is 246 g/mol. The van der Waals surface area contributed by atoms with Crippen molar-refractivity contribution in [1.29, 1.82) is 0 Å². The largest absolute Gasteiger partial charge is 0.279 e. The van der Waals surface area contributed by atoms with Crippen LogP contribution in [0.25, 0.3) is 0 Å². The molecule has 0 spiro atoms. The van der Waals surface area contributed by atoms with Crippen molar-refractivity contribution in [3.63, 3.8) is 0 Å². The topological polar surface area (TPSA) is 34.9 Å². The standard InChI is InChI=1S/C13H14N2OS/c1-9-4-6-11(7-5-9)17-13(16)12-8-10(2)15(3)14-12/h4-8H,1-3H3. The highest BCUT2D eigenvalue weighted by atomic mass is 32.2. The third-order valence-corrected chi connectivity index (χ3v) is 3.46. The average Bonchev–Trinajstić information content (AvgIpc) is 2.63. The number of hydrogen-bond acceptors (Lipinski definition) is 3. The molecule has 1 heterocycles. The number of aryl methyl sites for hydroxylation is 3. The molecule has 88 valence electrons. The highest BCUT2D eigenvalue weighted by Gasteiger charge is 2.12. The Hall–Kier alpha value is -1.55. The molecule has 0 bridgehead atoms. The van der Waals surface area contributed by atoms with E-state index in [1.54, 1.807) is 4.68 Å². The molecule has 3 nitrogen and oxygen atoms in total. The van der Waals surface area contributed by atoms with Gasteiger partial charge in [0.25, 0.3) is 0 Å². The van der Waals surface area contributed by atoms with Crippen LogP contribution in [0.1, 0.15) is 21.7 Å². The van der Waals surface area contributed by atoms with Crippen molar-refractivity contribution in [2.45, 2.75) is 18.7 Å². The van der Waals surface area contributed by atoms with Crippen LogP contribution in [0.5, 0.6) is 0 Å². The fourth-order valence-electron chi connectivity index (χ4n) is 1.43. The summed E-state index contributed by atoms with van der Waals surface area (Å²) in [6.07, 6.45) is 0. The molecule has 0 atom stereocenters. The molecule has 0 aliphatic heterocycles. The zero-order chi connectivity index (χ0) is 12.4. The van der Waals surface area contributed by atoms with Gasteiger partial charge in [-0.25, -0.2) is 0 Å². The molecule has 2 aromatic rings. The SMILES string of the molecule is Cc1ccc(SC(=O)c2cc(C)n(C)n2)cc1. The minimum atomic E-state index is -0.0162. The molecule has 0 amide bonds. The molecule has 1 aromatic carbocycles. The van der Waals surface area contributed by atoms with Crippen LogP contribution >= 0.6 is 11.8 Å². The Morgan fingerprint density at radius 2 is 1.88 bits per heavy atom. The lowest BCUT2D eigenvalue weighted by atomic mass is 10.2. The maximum Gasteiger partial charge on any atom is 0.244 e. The van der Waals surface area contributed by atoms with Crippen LogP contribution in [0, 0.1) is 13.8 Å². The Balaban J connectivity index is 2.14. The Morgan fingerprint density at radius 3 is 2.41 bits per heavy atom. The number of nitrogens with zero attached hydrogens (tertiary/aromatic N) is 2. The van der Waals surface area contributed by atoms with Gasteiger partial charge in [0.15, 0.2) is 0 Å². The maximum absolute atomic E-state index is 12.0. The first kappa shape index (κ1) is 11.9.